The first-order valence-electron chi connectivity index (χ1n) is 9.81. The van der Waals surface area contributed by atoms with Gasteiger partial charge in [-0.15, -0.1) is 0 Å². The van der Waals surface area contributed by atoms with Crippen LogP contribution >= 0.6 is 0 Å². The summed E-state index contributed by atoms with van der Waals surface area (Å²) < 4.78 is 5.37. The van der Waals surface area contributed by atoms with Crippen LogP contribution in [0.3, 0.4) is 0 Å². The van der Waals surface area contributed by atoms with Gasteiger partial charge in [-0.3, -0.25) is 9.59 Å². The number of aliphatic hydroxyl groups excluding tert-OH is 1. The second kappa shape index (κ2) is 11.0. The van der Waals surface area contributed by atoms with Crippen LogP contribution in [0.5, 0.6) is 0 Å². The molecule has 0 aliphatic carbocycles. The number of carbonyl (C=O) groups excluding carboxylic acids is 2. The molecule has 1 aliphatic rings. The Morgan fingerprint density at radius 3 is 2.70 bits per heavy atom. The second-order valence-electron chi connectivity index (χ2n) is 7.74. The number of carbonyl (C=O) groups is 2. The topological polar surface area (TPSA) is 87.7 Å². The maximum absolute atomic E-state index is 12.2. The van der Waals surface area contributed by atoms with E-state index < -0.39 is 6.10 Å². The standard InChI is InChI=1S/C21H32N2O4/c1-15(2)10-18(11-20(25)27-14-16-6-4-3-5-7-16)19(24)13-22-12-17-8-9-23-21(17)26/h3-7,15,17-19,22,24H,8-14H2,1-2H3,(H,23,26)/t17-,18-,19?/m0/s1. The summed E-state index contributed by atoms with van der Waals surface area (Å²) in [5, 5.41) is 16.5. The highest BCUT2D eigenvalue weighted by Gasteiger charge is 2.26. The van der Waals surface area contributed by atoms with Gasteiger partial charge >= 0.3 is 5.97 Å². The average Bonchev–Trinajstić information content (AvgIpc) is 3.05. The Morgan fingerprint density at radius 1 is 1.33 bits per heavy atom. The van der Waals surface area contributed by atoms with Crippen LogP contribution in [0.25, 0.3) is 0 Å². The third-order valence-electron chi connectivity index (χ3n) is 4.90. The number of aliphatic hydroxyl groups is 1. The van der Waals surface area contributed by atoms with Crippen molar-refractivity contribution in [1.29, 1.82) is 0 Å². The highest BCUT2D eigenvalue weighted by atomic mass is 16.5. The van der Waals surface area contributed by atoms with Crippen LogP contribution in [0.1, 0.15) is 38.7 Å². The van der Waals surface area contributed by atoms with E-state index in [1.807, 2.05) is 30.3 Å². The van der Waals surface area contributed by atoms with E-state index in [1.54, 1.807) is 0 Å². The molecule has 1 aromatic rings. The van der Waals surface area contributed by atoms with Crippen molar-refractivity contribution in [3.05, 3.63) is 35.9 Å². The lowest BCUT2D eigenvalue weighted by Crippen LogP contribution is -2.38. The Morgan fingerprint density at radius 2 is 2.07 bits per heavy atom. The van der Waals surface area contributed by atoms with Gasteiger partial charge < -0.3 is 20.5 Å². The SMILES string of the molecule is CC(C)C[C@@H](CC(=O)OCc1ccccc1)C(O)CNC[C@@H]1CCNC1=O. The minimum atomic E-state index is -0.652. The molecule has 2 rings (SSSR count). The normalized spacial score (nSPS) is 19.0. The molecule has 1 aromatic carbocycles. The highest BCUT2D eigenvalue weighted by Crippen LogP contribution is 2.20. The molecule has 0 aromatic heterocycles. The predicted molar refractivity (Wildman–Crippen MR) is 104 cm³/mol. The molecule has 1 amide bonds. The van der Waals surface area contributed by atoms with Crippen molar-refractivity contribution in [2.24, 2.45) is 17.8 Å². The molecule has 1 heterocycles. The van der Waals surface area contributed by atoms with Gasteiger partial charge in [-0.25, -0.2) is 0 Å². The smallest absolute Gasteiger partial charge is 0.306 e. The Hall–Kier alpha value is -1.92. The molecular formula is C21H32N2O4. The van der Waals surface area contributed by atoms with Crippen molar-refractivity contribution >= 4 is 11.9 Å². The third kappa shape index (κ3) is 7.69. The van der Waals surface area contributed by atoms with Crippen LogP contribution in [-0.2, 0) is 20.9 Å². The van der Waals surface area contributed by atoms with Gasteiger partial charge in [0, 0.05) is 19.6 Å². The van der Waals surface area contributed by atoms with E-state index in [4.69, 9.17) is 4.74 Å². The number of benzene rings is 1. The second-order valence-corrected chi connectivity index (χ2v) is 7.74. The van der Waals surface area contributed by atoms with Crippen molar-refractivity contribution in [3.63, 3.8) is 0 Å². The van der Waals surface area contributed by atoms with E-state index in [1.165, 1.54) is 0 Å². The van der Waals surface area contributed by atoms with Gasteiger partial charge in [0.25, 0.3) is 0 Å². The van der Waals surface area contributed by atoms with E-state index in [2.05, 4.69) is 24.5 Å². The molecule has 1 fully saturated rings. The lowest BCUT2D eigenvalue weighted by molar-refractivity contribution is -0.147. The maximum Gasteiger partial charge on any atom is 0.306 e. The molecular weight excluding hydrogens is 344 g/mol. The Balaban J connectivity index is 1.77. The van der Waals surface area contributed by atoms with Crippen molar-refractivity contribution in [3.8, 4) is 0 Å². The van der Waals surface area contributed by atoms with Crippen LogP contribution in [0.15, 0.2) is 30.3 Å². The van der Waals surface area contributed by atoms with Gasteiger partial charge in [0.1, 0.15) is 6.61 Å². The van der Waals surface area contributed by atoms with Crippen molar-refractivity contribution < 1.29 is 19.4 Å². The molecule has 0 radical (unpaired) electrons. The van der Waals surface area contributed by atoms with Crippen LogP contribution in [0, 0.1) is 17.8 Å². The molecule has 27 heavy (non-hydrogen) atoms. The van der Waals surface area contributed by atoms with E-state index in [-0.39, 0.29) is 36.7 Å². The van der Waals surface area contributed by atoms with Crippen molar-refractivity contribution in [2.45, 2.75) is 45.8 Å². The lowest BCUT2D eigenvalue weighted by atomic mass is 9.89. The minimum absolute atomic E-state index is 0.0309. The van der Waals surface area contributed by atoms with Crippen molar-refractivity contribution in [2.75, 3.05) is 19.6 Å². The first kappa shape index (κ1) is 21.4. The molecule has 150 valence electrons. The fraction of sp³-hybridized carbons (Fsp3) is 0.619. The zero-order valence-corrected chi connectivity index (χ0v) is 16.3. The number of esters is 1. The zero-order valence-electron chi connectivity index (χ0n) is 16.3. The molecule has 6 heteroatoms. The molecule has 0 spiro atoms. The summed E-state index contributed by atoms with van der Waals surface area (Å²) in [6.07, 6.45) is 1.11. The van der Waals surface area contributed by atoms with Gasteiger partial charge in [0.05, 0.1) is 18.4 Å². The fourth-order valence-electron chi connectivity index (χ4n) is 3.40. The number of ether oxygens (including phenoxy) is 1. The number of nitrogens with one attached hydrogen (secondary N) is 2. The molecule has 1 aliphatic heterocycles. The molecule has 1 unspecified atom stereocenters. The number of hydrogen-bond acceptors (Lipinski definition) is 5. The minimum Gasteiger partial charge on any atom is -0.461 e. The molecule has 3 N–H and O–H groups in total. The maximum atomic E-state index is 12.2. The molecule has 0 saturated carbocycles. The first-order valence-corrected chi connectivity index (χ1v) is 9.81. The summed E-state index contributed by atoms with van der Waals surface area (Å²) in [4.78, 5) is 23.8. The number of rotatable bonds is 11. The van der Waals surface area contributed by atoms with E-state index in [0.717, 1.165) is 24.9 Å². The van der Waals surface area contributed by atoms with Crippen molar-refractivity contribution in [1.82, 2.24) is 10.6 Å². The summed E-state index contributed by atoms with van der Waals surface area (Å²) in [6, 6.07) is 9.56. The van der Waals surface area contributed by atoms with E-state index >= 15 is 0 Å². The van der Waals surface area contributed by atoms with Gasteiger partial charge in [0.2, 0.25) is 5.91 Å². The summed E-state index contributed by atoms with van der Waals surface area (Å²) >= 11 is 0. The zero-order chi connectivity index (χ0) is 19.6. The molecule has 3 atom stereocenters. The summed E-state index contributed by atoms with van der Waals surface area (Å²) in [5.74, 6) is -0.0547. The van der Waals surface area contributed by atoms with Gasteiger partial charge in [-0.05, 0) is 30.2 Å². The van der Waals surface area contributed by atoms with Crippen LogP contribution in [0.4, 0.5) is 0 Å². The summed E-state index contributed by atoms with van der Waals surface area (Å²) in [5.41, 5.74) is 0.948. The predicted octanol–water partition coefficient (Wildman–Crippen LogP) is 1.87. The molecule has 6 nitrogen and oxygen atoms in total. The summed E-state index contributed by atoms with van der Waals surface area (Å²) in [7, 11) is 0. The van der Waals surface area contributed by atoms with Crippen LogP contribution < -0.4 is 10.6 Å². The average molecular weight is 376 g/mol. The highest BCUT2D eigenvalue weighted by molar-refractivity contribution is 5.80. The molecule has 1 saturated heterocycles. The largest absolute Gasteiger partial charge is 0.461 e. The Labute approximate surface area is 161 Å². The Bertz CT molecular complexity index is 591. The van der Waals surface area contributed by atoms with Crippen LogP contribution in [0.2, 0.25) is 0 Å². The molecule has 0 bridgehead atoms. The Kier molecular flexibility index (Phi) is 8.75. The number of amides is 1. The number of hydrogen-bond donors (Lipinski definition) is 3. The third-order valence-corrected chi connectivity index (χ3v) is 4.90. The summed E-state index contributed by atoms with van der Waals surface area (Å²) in [6.45, 7) is 6.04. The lowest BCUT2D eigenvalue weighted by Gasteiger charge is -2.24. The first-order chi connectivity index (χ1) is 13.0. The van der Waals surface area contributed by atoms with E-state index in [9.17, 15) is 14.7 Å². The van der Waals surface area contributed by atoms with Gasteiger partial charge in [0.15, 0.2) is 0 Å². The monoisotopic (exact) mass is 376 g/mol. The quantitative estimate of drug-likeness (QED) is 0.513. The van der Waals surface area contributed by atoms with E-state index in [0.29, 0.717) is 19.0 Å². The van der Waals surface area contributed by atoms with Crippen LogP contribution in [-0.4, -0.2) is 42.7 Å². The fourth-order valence-corrected chi connectivity index (χ4v) is 3.40. The van der Waals surface area contributed by atoms with Gasteiger partial charge in [-0.1, -0.05) is 44.2 Å². The van der Waals surface area contributed by atoms with Gasteiger partial charge in [-0.2, -0.15) is 0 Å².